The maximum Gasteiger partial charge on any atom is 0.244 e. The van der Waals surface area contributed by atoms with E-state index >= 15 is 0 Å². The fourth-order valence-corrected chi connectivity index (χ4v) is 3.76. The van der Waals surface area contributed by atoms with E-state index in [2.05, 4.69) is 16.3 Å². The number of nitrogens with zero attached hydrogens (tertiary/aromatic N) is 2. The quantitative estimate of drug-likeness (QED) is 0.653. The fraction of sp³-hybridized carbons (Fsp3) is 0.143. The third kappa shape index (κ3) is 2.98. The molecule has 3 N–H and O–H groups in total. The predicted octanol–water partition coefficient (Wildman–Crippen LogP) is 4.03. The number of nitriles is 1. The average Bonchev–Trinajstić information content (AvgIpc) is 3.16. The number of thioether (sulfide) groups is 1. The highest BCUT2D eigenvalue weighted by Gasteiger charge is 2.35. The van der Waals surface area contributed by atoms with E-state index < -0.39 is 0 Å². The van der Waals surface area contributed by atoms with Crippen molar-refractivity contribution in [2.75, 3.05) is 13.4 Å². The highest BCUT2D eigenvalue weighted by atomic mass is 32.2. The van der Waals surface area contributed by atoms with Crippen molar-refractivity contribution in [3.8, 4) is 29.0 Å². The SMILES string of the molecule is COc1ccc(-c2[nH]nc3c2[C@@H](c2ccc(SC)cc2)C(C#N)=C(N)O3)cc1. The summed E-state index contributed by atoms with van der Waals surface area (Å²) in [6.45, 7) is 0. The molecule has 0 saturated carbocycles. The van der Waals surface area contributed by atoms with Gasteiger partial charge in [0.1, 0.15) is 17.4 Å². The number of aromatic nitrogens is 2. The van der Waals surface area contributed by atoms with Gasteiger partial charge in [-0.25, -0.2) is 0 Å². The molecule has 0 fully saturated rings. The summed E-state index contributed by atoms with van der Waals surface area (Å²) < 4.78 is 10.9. The van der Waals surface area contributed by atoms with Gasteiger partial charge in [0.2, 0.25) is 11.8 Å². The maximum atomic E-state index is 9.77. The third-order valence-corrected chi connectivity index (χ3v) is 5.51. The third-order valence-electron chi connectivity index (χ3n) is 4.77. The first-order valence-corrected chi connectivity index (χ1v) is 9.83. The summed E-state index contributed by atoms with van der Waals surface area (Å²) in [6, 6.07) is 18.0. The van der Waals surface area contributed by atoms with Crippen LogP contribution in [0.4, 0.5) is 0 Å². The van der Waals surface area contributed by atoms with Crippen LogP contribution in [0.25, 0.3) is 11.3 Å². The Labute approximate surface area is 167 Å². The Hall–Kier alpha value is -3.37. The van der Waals surface area contributed by atoms with E-state index in [1.165, 1.54) is 0 Å². The number of hydrogen-bond acceptors (Lipinski definition) is 6. The fourth-order valence-electron chi connectivity index (χ4n) is 3.35. The first kappa shape index (κ1) is 18.0. The molecule has 2 heterocycles. The standard InChI is InChI=1S/C21H18N4O2S/c1-26-14-7-3-13(4-8-14)19-18-17(12-5-9-15(28-2)10-6-12)16(11-22)20(23)27-21(18)25-24-19/h3-10,17H,23H2,1-2H3,(H,24,25)/t17-/m0/s1. The molecule has 2 aromatic carbocycles. The van der Waals surface area contributed by atoms with E-state index in [9.17, 15) is 5.26 Å². The lowest BCUT2D eigenvalue weighted by atomic mass is 9.83. The lowest BCUT2D eigenvalue weighted by Crippen LogP contribution is -2.20. The van der Waals surface area contributed by atoms with E-state index in [1.54, 1.807) is 18.9 Å². The van der Waals surface area contributed by atoms with Crippen molar-refractivity contribution in [2.45, 2.75) is 10.8 Å². The van der Waals surface area contributed by atoms with Gasteiger partial charge in [-0.1, -0.05) is 12.1 Å². The molecule has 1 aliphatic rings. The molecule has 1 atom stereocenters. The van der Waals surface area contributed by atoms with Gasteiger partial charge in [-0.3, -0.25) is 5.10 Å². The van der Waals surface area contributed by atoms with Gasteiger partial charge in [-0.2, -0.15) is 5.26 Å². The van der Waals surface area contributed by atoms with Gasteiger partial charge in [0.25, 0.3) is 0 Å². The van der Waals surface area contributed by atoms with Crippen molar-refractivity contribution < 1.29 is 9.47 Å². The van der Waals surface area contributed by atoms with Crippen molar-refractivity contribution in [3.63, 3.8) is 0 Å². The van der Waals surface area contributed by atoms with Crippen LogP contribution in [-0.2, 0) is 0 Å². The molecular formula is C21H18N4O2S. The van der Waals surface area contributed by atoms with Crippen LogP contribution in [-0.4, -0.2) is 23.6 Å². The van der Waals surface area contributed by atoms with Gasteiger partial charge in [0, 0.05) is 10.5 Å². The Morgan fingerprint density at radius 1 is 1.18 bits per heavy atom. The van der Waals surface area contributed by atoms with Gasteiger partial charge in [0.05, 0.1) is 24.3 Å². The van der Waals surface area contributed by atoms with Crippen LogP contribution in [0.3, 0.4) is 0 Å². The van der Waals surface area contributed by atoms with Crippen LogP contribution >= 0.6 is 11.8 Å². The number of methoxy groups -OCH3 is 1. The molecular weight excluding hydrogens is 372 g/mol. The van der Waals surface area contributed by atoms with Crippen molar-refractivity contribution >= 4 is 11.8 Å². The number of ether oxygens (including phenoxy) is 2. The second-order valence-corrected chi connectivity index (χ2v) is 7.12. The van der Waals surface area contributed by atoms with E-state index in [-0.39, 0.29) is 11.8 Å². The largest absolute Gasteiger partial charge is 0.497 e. The summed E-state index contributed by atoms with van der Waals surface area (Å²) in [5.74, 6) is 0.878. The zero-order chi connectivity index (χ0) is 19.7. The highest BCUT2D eigenvalue weighted by molar-refractivity contribution is 7.98. The van der Waals surface area contributed by atoms with Crippen LogP contribution in [0, 0.1) is 11.3 Å². The van der Waals surface area contributed by atoms with Gasteiger partial charge in [-0.15, -0.1) is 16.9 Å². The Morgan fingerprint density at radius 2 is 1.89 bits per heavy atom. The van der Waals surface area contributed by atoms with Gasteiger partial charge >= 0.3 is 0 Å². The number of fused-ring (bicyclic) bond motifs is 1. The lowest BCUT2D eigenvalue weighted by Gasteiger charge is -2.24. The number of H-pyrrole nitrogens is 1. The number of nitrogens with one attached hydrogen (secondary N) is 1. The summed E-state index contributed by atoms with van der Waals surface area (Å²) in [6.07, 6.45) is 2.03. The second kappa shape index (κ2) is 7.33. The number of allylic oxidation sites excluding steroid dienone is 1. The van der Waals surface area contributed by atoms with E-state index in [1.807, 2.05) is 54.8 Å². The molecule has 0 aliphatic carbocycles. The smallest absolute Gasteiger partial charge is 0.244 e. The van der Waals surface area contributed by atoms with Crippen LogP contribution in [0.2, 0.25) is 0 Å². The Balaban J connectivity index is 1.88. The summed E-state index contributed by atoms with van der Waals surface area (Å²) in [4.78, 5) is 1.15. The minimum absolute atomic E-state index is 0.0849. The summed E-state index contributed by atoms with van der Waals surface area (Å²) in [5.41, 5.74) is 9.87. The number of aromatic amines is 1. The van der Waals surface area contributed by atoms with E-state index in [0.717, 1.165) is 33.0 Å². The minimum Gasteiger partial charge on any atom is -0.497 e. The molecule has 0 unspecified atom stereocenters. The van der Waals surface area contributed by atoms with E-state index in [0.29, 0.717) is 11.5 Å². The average molecular weight is 390 g/mol. The highest BCUT2D eigenvalue weighted by Crippen LogP contribution is 2.45. The molecule has 3 aromatic rings. The molecule has 0 radical (unpaired) electrons. The monoisotopic (exact) mass is 390 g/mol. The van der Waals surface area contributed by atoms with Crippen molar-refractivity contribution in [1.29, 1.82) is 5.26 Å². The summed E-state index contributed by atoms with van der Waals surface area (Å²) >= 11 is 1.67. The van der Waals surface area contributed by atoms with Gasteiger partial charge < -0.3 is 15.2 Å². The zero-order valence-electron chi connectivity index (χ0n) is 15.4. The number of benzene rings is 2. The number of nitrogens with two attached hydrogens (primary N) is 1. The van der Waals surface area contributed by atoms with Gasteiger partial charge in [0.15, 0.2) is 0 Å². The minimum atomic E-state index is -0.361. The van der Waals surface area contributed by atoms with Crippen molar-refractivity contribution in [3.05, 3.63) is 71.1 Å². The molecule has 6 nitrogen and oxygen atoms in total. The number of rotatable bonds is 4. The van der Waals surface area contributed by atoms with Crippen LogP contribution in [0.5, 0.6) is 11.6 Å². The Morgan fingerprint density at radius 3 is 2.50 bits per heavy atom. The van der Waals surface area contributed by atoms with Crippen LogP contribution in [0.1, 0.15) is 17.0 Å². The van der Waals surface area contributed by atoms with Crippen LogP contribution in [0.15, 0.2) is 64.9 Å². The Bertz CT molecular complexity index is 1080. The molecule has 1 aliphatic heterocycles. The molecule has 1 aromatic heterocycles. The lowest BCUT2D eigenvalue weighted by molar-refractivity contribution is 0.379. The Kier molecular flexibility index (Phi) is 4.72. The van der Waals surface area contributed by atoms with Crippen LogP contribution < -0.4 is 15.2 Å². The molecule has 140 valence electrons. The number of hydrogen-bond donors (Lipinski definition) is 2. The first-order valence-electron chi connectivity index (χ1n) is 8.60. The maximum absolute atomic E-state index is 9.77. The van der Waals surface area contributed by atoms with E-state index in [4.69, 9.17) is 15.2 Å². The molecule has 0 saturated heterocycles. The first-order chi connectivity index (χ1) is 13.7. The normalized spacial score (nSPS) is 15.5. The van der Waals surface area contributed by atoms with Gasteiger partial charge in [-0.05, 0) is 48.2 Å². The molecule has 0 spiro atoms. The molecule has 28 heavy (non-hydrogen) atoms. The van der Waals surface area contributed by atoms with Crippen molar-refractivity contribution in [2.24, 2.45) is 5.73 Å². The topological polar surface area (TPSA) is 97.0 Å². The van der Waals surface area contributed by atoms with Crippen molar-refractivity contribution in [1.82, 2.24) is 10.2 Å². The summed E-state index contributed by atoms with van der Waals surface area (Å²) in [7, 11) is 1.63. The zero-order valence-corrected chi connectivity index (χ0v) is 16.2. The second-order valence-electron chi connectivity index (χ2n) is 6.24. The molecule has 4 rings (SSSR count). The molecule has 0 bridgehead atoms. The summed E-state index contributed by atoms with van der Waals surface area (Å²) in [5, 5.41) is 17.1. The predicted molar refractivity (Wildman–Crippen MR) is 108 cm³/mol. The molecule has 7 heteroatoms. The molecule has 0 amide bonds.